The van der Waals surface area contributed by atoms with Crippen molar-refractivity contribution in [3.05, 3.63) is 42.1 Å². The number of benzene rings is 1. The van der Waals surface area contributed by atoms with Crippen LogP contribution in [0.5, 0.6) is 0 Å². The van der Waals surface area contributed by atoms with E-state index in [4.69, 9.17) is 0 Å². The number of para-hydroxylation sites is 1. The van der Waals surface area contributed by atoms with Gasteiger partial charge in [0.2, 0.25) is 0 Å². The first-order valence-corrected chi connectivity index (χ1v) is 4.24. The molecule has 1 heterocycles. The van der Waals surface area contributed by atoms with E-state index < -0.39 is 0 Å². The highest BCUT2D eigenvalue weighted by Gasteiger charge is 2.05. The van der Waals surface area contributed by atoms with Gasteiger partial charge in [-0.1, -0.05) is 18.2 Å². The lowest BCUT2D eigenvalue weighted by atomic mass is 10.2. The molecule has 14 heavy (non-hydrogen) atoms. The van der Waals surface area contributed by atoms with E-state index in [0.717, 1.165) is 10.9 Å². The molecular weight excluding hydrogens is 178 g/mol. The Morgan fingerprint density at radius 1 is 1.36 bits per heavy atom. The number of nitrogens with zero attached hydrogens (tertiary/aromatic N) is 1. The van der Waals surface area contributed by atoms with Crippen LogP contribution in [0.4, 0.5) is 0 Å². The number of ether oxygens (including phenoxy) is 1. The van der Waals surface area contributed by atoms with E-state index in [1.54, 1.807) is 6.07 Å². The summed E-state index contributed by atoms with van der Waals surface area (Å²) in [7, 11) is 1.36. The molecule has 1 aromatic heterocycles. The Morgan fingerprint density at radius 2 is 2.14 bits per heavy atom. The van der Waals surface area contributed by atoms with Gasteiger partial charge in [-0.15, -0.1) is 0 Å². The number of carbonyl (C=O) groups is 1. The van der Waals surface area contributed by atoms with Gasteiger partial charge in [0.05, 0.1) is 18.2 Å². The lowest BCUT2D eigenvalue weighted by Gasteiger charge is -2.00. The molecule has 0 amide bonds. The van der Waals surface area contributed by atoms with Crippen LogP contribution in [0.15, 0.2) is 36.5 Å². The maximum Gasteiger partial charge on any atom is 0.339 e. The average molecular weight is 187 g/mol. The minimum absolute atomic E-state index is 0.358. The Kier molecular flexibility index (Phi) is 2.14. The first-order chi connectivity index (χ1) is 6.81. The highest BCUT2D eigenvalue weighted by atomic mass is 16.5. The fourth-order valence-electron chi connectivity index (χ4n) is 1.30. The van der Waals surface area contributed by atoms with Crippen molar-refractivity contribution in [2.75, 3.05) is 7.11 Å². The molecule has 0 radical (unpaired) electrons. The largest absolute Gasteiger partial charge is 0.465 e. The van der Waals surface area contributed by atoms with Gasteiger partial charge in [0.25, 0.3) is 0 Å². The molecule has 1 aromatic carbocycles. The fraction of sp³-hybridized carbons (Fsp3) is 0.0909. The minimum Gasteiger partial charge on any atom is -0.465 e. The molecule has 0 unspecified atom stereocenters. The molecule has 0 saturated heterocycles. The van der Waals surface area contributed by atoms with Crippen molar-refractivity contribution < 1.29 is 9.53 Å². The van der Waals surface area contributed by atoms with Crippen LogP contribution in [0, 0.1) is 0 Å². The van der Waals surface area contributed by atoms with Crippen molar-refractivity contribution in [3.63, 3.8) is 0 Å². The van der Waals surface area contributed by atoms with Gasteiger partial charge in [0.1, 0.15) is 0 Å². The summed E-state index contributed by atoms with van der Waals surface area (Å²) in [5, 5.41) is 0.940. The molecular formula is C11H9NO2. The molecule has 3 heteroatoms. The zero-order valence-electron chi connectivity index (χ0n) is 7.73. The van der Waals surface area contributed by atoms with E-state index in [1.807, 2.05) is 24.3 Å². The third-order valence-electron chi connectivity index (χ3n) is 2.01. The summed E-state index contributed by atoms with van der Waals surface area (Å²) in [4.78, 5) is 15.3. The molecule has 0 aliphatic rings. The Morgan fingerprint density at radius 3 is 2.93 bits per heavy atom. The Balaban J connectivity index is 2.56. The summed E-state index contributed by atoms with van der Waals surface area (Å²) < 4.78 is 4.61. The smallest absolute Gasteiger partial charge is 0.339 e. The standard InChI is InChI=1S/C11H9NO2/c1-14-11(13)9-6-8-4-2-3-5-10(8)12-7-9/h2-7H,1H3. The van der Waals surface area contributed by atoms with Crippen molar-refractivity contribution in [1.82, 2.24) is 4.98 Å². The summed E-state index contributed by atoms with van der Waals surface area (Å²) in [6.45, 7) is 0. The van der Waals surface area contributed by atoms with E-state index in [0.29, 0.717) is 5.56 Å². The van der Waals surface area contributed by atoms with E-state index in [2.05, 4.69) is 9.72 Å². The monoisotopic (exact) mass is 187 g/mol. The van der Waals surface area contributed by atoms with Crippen LogP contribution in [-0.4, -0.2) is 18.1 Å². The van der Waals surface area contributed by atoms with Crippen molar-refractivity contribution in [2.24, 2.45) is 0 Å². The Bertz CT molecular complexity index is 479. The van der Waals surface area contributed by atoms with Crippen molar-refractivity contribution in [3.8, 4) is 0 Å². The maximum absolute atomic E-state index is 11.2. The second kappa shape index (κ2) is 3.46. The zero-order chi connectivity index (χ0) is 9.97. The molecule has 70 valence electrons. The highest BCUT2D eigenvalue weighted by Crippen LogP contribution is 2.12. The van der Waals surface area contributed by atoms with Gasteiger partial charge in [-0.2, -0.15) is 0 Å². The van der Waals surface area contributed by atoms with Crippen LogP contribution in [0.25, 0.3) is 10.9 Å². The quantitative estimate of drug-likeness (QED) is 0.641. The number of carbonyl (C=O) groups excluding carboxylic acids is 1. The van der Waals surface area contributed by atoms with Gasteiger partial charge >= 0.3 is 5.97 Å². The van der Waals surface area contributed by atoms with Gasteiger partial charge in [0, 0.05) is 11.6 Å². The molecule has 2 aromatic rings. The van der Waals surface area contributed by atoms with Gasteiger partial charge in [0.15, 0.2) is 0 Å². The van der Waals surface area contributed by atoms with Crippen LogP contribution < -0.4 is 0 Å². The number of hydrogen-bond acceptors (Lipinski definition) is 3. The molecule has 0 bridgehead atoms. The predicted molar refractivity (Wildman–Crippen MR) is 53.1 cm³/mol. The number of pyridine rings is 1. The Labute approximate surface area is 81.3 Å². The first kappa shape index (κ1) is 8.69. The van der Waals surface area contributed by atoms with Crippen molar-refractivity contribution in [1.29, 1.82) is 0 Å². The average Bonchev–Trinajstić information content (AvgIpc) is 2.27. The predicted octanol–water partition coefficient (Wildman–Crippen LogP) is 2.02. The second-order valence-electron chi connectivity index (χ2n) is 2.91. The second-order valence-corrected chi connectivity index (χ2v) is 2.91. The van der Waals surface area contributed by atoms with Crippen LogP contribution in [-0.2, 0) is 4.74 Å². The minimum atomic E-state index is -0.358. The molecule has 0 atom stereocenters. The molecule has 2 rings (SSSR count). The van der Waals surface area contributed by atoms with E-state index >= 15 is 0 Å². The zero-order valence-corrected chi connectivity index (χ0v) is 7.73. The van der Waals surface area contributed by atoms with E-state index in [-0.39, 0.29) is 5.97 Å². The summed E-state index contributed by atoms with van der Waals surface area (Å²) in [5.74, 6) is -0.358. The van der Waals surface area contributed by atoms with Crippen LogP contribution >= 0.6 is 0 Å². The van der Waals surface area contributed by atoms with Gasteiger partial charge in [-0.05, 0) is 12.1 Å². The van der Waals surface area contributed by atoms with Gasteiger partial charge in [-0.3, -0.25) is 4.98 Å². The van der Waals surface area contributed by atoms with E-state index in [1.165, 1.54) is 13.3 Å². The number of hydrogen-bond donors (Lipinski definition) is 0. The summed E-state index contributed by atoms with van der Waals surface area (Å²) in [5.41, 5.74) is 1.35. The normalized spacial score (nSPS) is 10.1. The first-order valence-electron chi connectivity index (χ1n) is 4.24. The molecule has 0 spiro atoms. The molecule has 0 saturated carbocycles. The van der Waals surface area contributed by atoms with Crippen molar-refractivity contribution in [2.45, 2.75) is 0 Å². The van der Waals surface area contributed by atoms with E-state index in [9.17, 15) is 4.79 Å². The van der Waals surface area contributed by atoms with Crippen LogP contribution in [0.2, 0.25) is 0 Å². The molecule has 3 nitrogen and oxygen atoms in total. The number of methoxy groups -OCH3 is 1. The third kappa shape index (κ3) is 1.44. The Hall–Kier alpha value is -1.90. The van der Waals surface area contributed by atoms with Crippen molar-refractivity contribution >= 4 is 16.9 Å². The lowest BCUT2D eigenvalue weighted by molar-refractivity contribution is 0.0600. The maximum atomic E-state index is 11.2. The number of esters is 1. The topological polar surface area (TPSA) is 39.2 Å². The SMILES string of the molecule is COC(=O)c1cnc2ccccc2c1. The summed E-state index contributed by atoms with van der Waals surface area (Å²) in [6.07, 6.45) is 1.52. The third-order valence-corrected chi connectivity index (χ3v) is 2.01. The van der Waals surface area contributed by atoms with Crippen LogP contribution in [0.3, 0.4) is 0 Å². The lowest BCUT2D eigenvalue weighted by Crippen LogP contribution is -2.01. The highest BCUT2D eigenvalue weighted by molar-refractivity contribution is 5.93. The fourth-order valence-corrected chi connectivity index (χ4v) is 1.30. The molecule has 0 N–H and O–H groups in total. The molecule has 0 aliphatic heterocycles. The number of rotatable bonds is 1. The molecule has 0 aliphatic carbocycles. The van der Waals surface area contributed by atoms with Gasteiger partial charge in [-0.25, -0.2) is 4.79 Å². The molecule has 0 fully saturated rings. The van der Waals surface area contributed by atoms with Crippen LogP contribution in [0.1, 0.15) is 10.4 Å². The summed E-state index contributed by atoms with van der Waals surface area (Å²) >= 11 is 0. The number of fused-ring (bicyclic) bond motifs is 1. The van der Waals surface area contributed by atoms with Gasteiger partial charge < -0.3 is 4.74 Å². The number of aromatic nitrogens is 1. The summed E-state index contributed by atoms with van der Waals surface area (Å²) in [6, 6.07) is 9.40.